The molecule has 1 fully saturated rings. The number of rotatable bonds is 3. The fourth-order valence-corrected chi connectivity index (χ4v) is 3.38. The van der Waals surface area contributed by atoms with Crippen LogP contribution in [0.3, 0.4) is 0 Å². The average Bonchev–Trinajstić information content (AvgIpc) is 3.07. The fraction of sp³-hybridized carbons (Fsp3) is 0.333. The van der Waals surface area contributed by atoms with Crippen LogP contribution in [-0.4, -0.2) is 24.9 Å². The molecule has 132 valence electrons. The first-order valence-corrected chi connectivity index (χ1v) is 8.55. The summed E-state index contributed by atoms with van der Waals surface area (Å²) in [6.07, 6.45) is 9.04. The molecule has 0 radical (unpaired) electrons. The van der Waals surface area contributed by atoms with Gasteiger partial charge in [-0.25, -0.2) is 19.3 Å². The molecule has 0 unspecified atom stereocenters. The molecule has 4 rings (SSSR count). The zero-order valence-corrected chi connectivity index (χ0v) is 14.1. The minimum absolute atomic E-state index is 0.365. The number of nitriles is 1. The molecule has 0 atom stereocenters. The van der Waals surface area contributed by atoms with Gasteiger partial charge in [-0.05, 0) is 25.0 Å². The van der Waals surface area contributed by atoms with Crippen molar-refractivity contribution in [2.75, 3.05) is 11.1 Å². The lowest BCUT2D eigenvalue weighted by atomic mass is 9.83. The summed E-state index contributed by atoms with van der Waals surface area (Å²) in [7, 11) is 0. The van der Waals surface area contributed by atoms with Gasteiger partial charge in [-0.2, -0.15) is 5.26 Å². The number of aromatic nitrogens is 4. The Hall–Kier alpha value is -3.21. The molecule has 1 aliphatic carbocycles. The van der Waals surface area contributed by atoms with Crippen LogP contribution in [0.4, 0.5) is 15.9 Å². The van der Waals surface area contributed by atoms with E-state index < -0.39 is 5.54 Å². The second-order valence-corrected chi connectivity index (χ2v) is 6.60. The number of imidazole rings is 1. The third-order valence-corrected chi connectivity index (χ3v) is 4.79. The highest BCUT2D eigenvalue weighted by Gasteiger charge is 2.33. The van der Waals surface area contributed by atoms with Crippen molar-refractivity contribution < 1.29 is 4.39 Å². The number of hydrogen-bond acceptors (Lipinski definition) is 6. The first kappa shape index (κ1) is 16.3. The Balaban J connectivity index is 1.74. The van der Waals surface area contributed by atoms with Crippen molar-refractivity contribution in [3.63, 3.8) is 0 Å². The third-order valence-electron chi connectivity index (χ3n) is 4.79. The molecule has 7 nitrogen and oxygen atoms in total. The van der Waals surface area contributed by atoms with Gasteiger partial charge in [-0.1, -0.05) is 19.3 Å². The zero-order valence-electron chi connectivity index (χ0n) is 14.1. The highest BCUT2D eigenvalue weighted by atomic mass is 19.1. The minimum atomic E-state index is -0.663. The Kier molecular flexibility index (Phi) is 3.92. The monoisotopic (exact) mass is 351 g/mol. The number of anilines is 2. The van der Waals surface area contributed by atoms with Crippen LogP contribution in [0.2, 0.25) is 0 Å². The Labute approximate surface area is 149 Å². The quantitative estimate of drug-likeness (QED) is 0.751. The summed E-state index contributed by atoms with van der Waals surface area (Å²) in [5.41, 5.74) is 6.88. The normalized spacial score (nSPS) is 16.3. The van der Waals surface area contributed by atoms with E-state index in [9.17, 15) is 9.65 Å². The van der Waals surface area contributed by atoms with E-state index in [0.29, 0.717) is 28.7 Å². The third kappa shape index (κ3) is 2.81. The van der Waals surface area contributed by atoms with Crippen molar-refractivity contribution >= 4 is 17.2 Å². The summed E-state index contributed by atoms with van der Waals surface area (Å²) in [6, 6.07) is 5.33. The van der Waals surface area contributed by atoms with Gasteiger partial charge in [0.05, 0.1) is 24.2 Å². The second kappa shape index (κ2) is 6.26. The number of pyridine rings is 1. The summed E-state index contributed by atoms with van der Waals surface area (Å²) < 4.78 is 15.2. The van der Waals surface area contributed by atoms with Gasteiger partial charge in [-0.3, -0.25) is 4.40 Å². The SMILES string of the molecule is N#CC1(Nc2nc(-c3cnc4ccc(F)cn34)ncc2N)CCCCC1. The van der Waals surface area contributed by atoms with E-state index in [1.807, 2.05) is 0 Å². The maximum Gasteiger partial charge on any atom is 0.180 e. The topological polar surface area (TPSA) is 105 Å². The van der Waals surface area contributed by atoms with Crippen LogP contribution in [0.25, 0.3) is 17.2 Å². The molecule has 0 saturated heterocycles. The average molecular weight is 351 g/mol. The van der Waals surface area contributed by atoms with E-state index in [1.54, 1.807) is 16.7 Å². The first-order chi connectivity index (χ1) is 12.6. The standard InChI is InChI=1S/C18H18FN7/c19-12-4-5-15-22-9-14(26(15)10-12)17-23-8-13(21)16(24-17)25-18(11-20)6-2-1-3-7-18/h4-5,8-10H,1-3,6-7,21H2,(H,23,24,25). The molecule has 1 saturated carbocycles. The van der Waals surface area contributed by atoms with E-state index in [-0.39, 0.29) is 5.82 Å². The van der Waals surface area contributed by atoms with Crippen LogP contribution in [0.1, 0.15) is 32.1 Å². The Bertz CT molecular complexity index is 998. The number of nitrogens with zero attached hydrogens (tertiary/aromatic N) is 5. The summed E-state index contributed by atoms with van der Waals surface area (Å²) in [6.45, 7) is 0. The van der Waals surface area contributed by atoms with Crippen LogP contribution in [0, 0.1) is 17.1 Å². The van der Waals surface area contributed by atoms with Gasteiger partial charge in [0, 0.05) is 6.20 Å². The minimum Gasteiger partial charge on any atom is -0.394 e. The fourth-order valence-electron chi connectivity index (χ4n) is 3.38. The molecule has 0 aliphatic heterocycles. The maximum absolute atomic E-state index is 13.6. The molecular formula is C18H18FN7. The predicted octanol–water partition coefficient (Wildman–Crippen LogP) is 3.15. The largest absolute Gasteiger partial charge is 0.394 e. The van der Waals surface area contributed by atoms with Gasteiger partial charge in [0.2, 0.25) is 0 Å². The van der Waals surface area contributed by atoms with Gasteiger partial charge in [0.25, 0.3) is 0 Å². The van der Waals surface area contributed by atoms with Crippen LogP contribution < -0.4 is 11.1 Å². The van der Waals surface area contributed by atoms with Crippen molar-refractivity contribution in [2.24, 2.45) is 0 Å². The number of hydrogen-bond donors (Lipinski definition) is 2. The summed E-state index contributed by atoms with van der Waals surface area (Å²) in [5.74, 6) is 0.407. The smallest absolute Gasteiger partial charge is 0.180 e. The van der Waals surface area contributed by atoms with E-state index >= 15 is 0 Å². The summed E-state index contributed by atoms with van der Waals surface area (Å²) in [5, 5.41) is 12.9. The van der Waals surface area contributed by atoms with Gasteiger partial charge >= 0.3 is 0 Å². The highest BCUT2D eigenvalue weighted by molar-refractivity contribution is 5.66. The van der Waals surface area contributed by atoms with Gasteiger partial charge in [0.1, 0.15) is 22.7 Å². The molecular weight excluding hydrogens is 333 g/mol. The van der Waals surface area contributed by atoms with Gasteiger partial charge in [-0.15, -0.1) is 0 Å². The molecule has 8 heteroatoms. The van der Waals surface area contributed by atoms with Crippen LogP contribution in [0.15, 0.2) is 30.7 Å². The maximum atomic E-state index is 13.6. The van der Waals surface area contributed by atoms with Crippen LogP contribution in [0.5, 0.6) is 0 Å². The highest BCUT2D eigenvalue weighted by Crippen LogP contribution is 2.32. The Morgan fingerprint density at radius 3 is 2.77 bits per heavy atom. The molecule has 0 amide bonds. The number of fused-ring (bicyclic) bond motifs is 1. The molecule has 3 heterocycles. The lowest BCUT2D eigenvalue weighted by molar-refractivity contribution is 0.392. The van der Waals surface area contributed by atoms with Crippen molar-refractivity contribution in [1.82, 2.24) is 19.4 Å². The van der Waals surface area contributed by atoms with Gasteiger partial charge in [0.15, 0.2) is 11.6 Å². The molecule has 0 aromatic carbocycles. The lowest BCUT2D eigenvalue weighted by Crippen LogP contribution is -2.39. The van der Waals surface area contributed by atoms with Crippen LogP contribution in [-0.2, 0) is 0 Å². The van der Waals surface area contributed by atoms with E-state index in [1.165, 1.54) is 18.5 Å². The lowest BCUT2D eigenvalue weighted by Gasteiger charge is -2.32. The molecule has 0 spiro atoms. The summed E-state index contributed by atoms with van der Waals surface area (Å²) in [4.78, 5) is 13.0. The van der Waals surface area contributed by atoms with Gasteiger partial charge < -0.3 is 11.1 Å². The molecule has 26 heavy (non-hydrogen) atoms. The Morgan fingerprint density at radius 2 is 2.00 bits per heavy atom. The second-order valence-electron chi connectivity index (χ2n) is 6.60. The van der Waals surface area contributed by atoms with Crippen molar-refractivity contribution in [3.05, 3.63) is 36.5 Å². The summed E-state index contributed by atoms with van der Waals surface area (Å²) >= 11 is 0. The van der Waals surface area contributed by atoms with Crippen molar-refractivity contribution in [1.29, 1.82) is 5.26 Å². The Morgan fingerprint density at radius 1 is 1.19 bits per heavy atom. The number of nitrogens with one attached hydrogen (secondary N) is 1. The molecule has 3 aromatic heterocycles. The van der Waals surface area contributed by atoms with Crippen LogP contribution >= 0.6 is 0 Å². The number of nitrogen functional groups attached to an aromatic ring is 1. The molecule has 1 aliphatic rings. The predicted molar refractivity (Wildman–Crippen MR) is 95.6 cm³/mol. The van der Waals surface area contributed by atoms with Crippen molar-refractivity contribution in [2.45, 2.75) is 37.6 Å². The number of halogens is 1. The molecule has 3 aromatic rings. The van der Waals surface area contributed by atoms with E-state index in [0.717, 1.165) is 32.1 Å². The zero-order chi connectivity index (χ0) is 18.1. The molecule has 3 N–H and O–H groups in total. The van der Waals surface area contributed by atoms with Crippen molar-refractivity contribution in [3.8, 4) is 17.6 Å². The molecule has 0 bridgehead atoms. The van der Waals surface area contributed by atoms with E-state index in [4.69, 9.17) is 5.73 Å². The first-order valence-electron chi connectivity index (χ1n) is 8.55. The number of nitrogens with two attached hydrogens (primary N) is 1. The van der Waals surface area contributed by atoms with E-state index in [2.05, 4.69) is 26.3 Å².